The Morgan fingerprint density at radius 2 is 1.24 bits per heavy atom. The fourth-order valence-corrected chi connectivity index (χ4v) is 6.49. The Labute approximate surface area is 304 Å². The van der Waals surface area contributed by atoms with Gasteiger partial charge in [-0.05, 0) is 91.2 Å². The third-order valence-electron chi connectivity index (χ3n) is 7.75. The van der Waals surface area contributed by atoms with E-state index in [2.05, 4.69) is 37.9 Å². The van der Waals surface area contributed by atoms with Gasteiger partial charge in [-0.1, -0.05) is 50.1 Å². The lowest BCUT2D eigenvalue weighted by Gasteiger charge is -2.17. The first-order valence-electron chi connectivity index (χ1n) is 15.4. The summed E-state index contributed by atoms with van der Waals surface area (Å²) in [7, 11) is -0.326. The van der Waals surface area contributed by atoms with Gasteiger partial charge in [0.15, 0.2) is 6.10 Å². The molecular weight excluding hydrogens is 778 g/mol. The standard InChI is InChI=1S/C18H18BrNO2.C11H12BrNO4S.C7H9NO/c1-22-17-4-2-3-13(12-17)11-14-9-10-20(18(14)21)16-7-5-15(19)6-8-16;1-18(15,16)17-10-6-7-13(11(10)14)9-4-2-8(12)3-5-9;1-9-7-4-2-3-6(8)5-7/h2-8,12,14H,9-11H2,1H3;2-5,10H,6-7H2,1H3;2-5H,8H2,1H3. The number of anilines is 3. The van der Waals surface area contributed by atoms with Crippen molar-refractivity contribution < 1.29 is 31.7 Å². The summed E-state index contributed by atoms with van der Waals surface area (Å²) >= 11 is 6.74. The zero-order valence-corrected chi connectivity index (χ0v) is 31.4. The lowest BCUT2D eigenvalue weighted by atomic mass is 9.98. The largest absolute Gasteiger partial charge is 0.497 e. The highest BCUT2D eigenvalue weighted by Gasteiger charge is 2.36. The Balaban J connectivity index is 0.000000180. The van der Waals surface area contributed by atoms with Gasteiger partial charge >= 0.3 is 0 Å². The van der Waals surface area contributed by atoms with E-state index in [4.69, 9.17) is 19.4 Å². The molecule has 260 valence electrons. The molecule has 2 fully saturated rings. The number of amides is 2. The summed E-state index contributed by atoms with van der Waals surface area (Å²) in [5, 5.41) is 0. The van der Waals surface area contributed by atoms with Crippen LogP contribution in [0, 0.1) is 5.92 Å². The number of rotatable bonds is 8. The summed E-state index contributed by atoms with van der Waals surface area (Å²) in [6.45, 7) is 1.25. The molecule has 2 saturated heterocycles. The van der Waals surface area contributed by atoms with Crippen LogP contribution in [0.5, 0.6) is 11.5 Å². The van der Waals surface area contributed by atoms with Crippen LogP contribution in [0.3, 0.4) is 0 Å². The van der Waals surface area contributed by atoms with Crippen molar-refractivity contribution in [2.24, 2.45) is 5.92 Å². The van der Waals surface area contributed by atoms with Crippen molar-refractivity contribution in [2.45, 2.75) is 25.4 Å². The third-order valence-corrected chi connectivity index (χ3v) is 9.39. The maximum absolute atomic E-state index is 12.6. The van der Waals surface area contributed by atoms with Crippen molar-refractivity contribution in [2.75, 3.05) is 49.1 Å². The SMILES string of the molecule is COc1cccc(CC2CCN(c3ccc(Br)cc3)C2=O)c1.COc1cccc(N)c1.CS(=O)(=O)OC1CCN(c2ccc(Br)cc2)C1=O. The Kier molecular flexibility index (Phi) is 13.7. The van der Waals surface area contributed by atoms with Crippen LogP contribution < -0.4 is 25.0 Å². The predicted octanol–water partition coefficient (Wildman–Crippen LogP) is 6.86. The van der Waals surface area contributed by atoms with Gasteiger partial charge in [-0.15, -0.1) is 0 Å². The van der Waals surface area contributed by atoms with Gasteiger partial charge in [0, 0.05) is 57.5 Å². The zero-order chi connectivity index (χ0) is 35.6. The number of ether oxygens (including phenoxy) is 2. The van der Waals surface area contributed by atoms with Crippen molar-refractivity contribution in [1.29, 1.82) is 0 Å². The Morgan fingerprint density at radius 1 is 0.735 bits per heavy atom. The fraction of sp³-hybridized carbons (Fsp3) is 0.278. The van der Waals surface area contributed by atoms with Crippen LogP contribution in [-0.2, 0) is 30.3 Å². The molecule has 0 aromatic heterocycles. The Morgan fingerprint density at radius 3 is 1.76 bits per heavy atom. The quantitative estimate of drug-likeness (QED) is 0.151. The number of nitrogen functional groups attached to an aromatic ring is 1. The molecule has 6 rings (SSSR count). The summed E-state index contributed by atoms with van der Waals surface area (Å²) in [6, 6.07) is 30.4. The molecule has 0 bridgehead atoms. The lowest BCUT2D eigenvalue weighted by molar-refractivity contribution is -0.122. The molecule has 2 heterocycles. The van der Waals surface area contributed by atoms with E-state index in [-0.39, 0.29) is 17.7 Å². The van der Waals surface area contributed by atoms with Gasteiger partial charge in [0.05, 0.1) is 20.5 Å². The first kappa shape index (κ1) is 37.9. The molecule has 4 aromatic rings. The number of hydrogen-bond acceptors (Lipinski definition) is 8. The molecule has 49 heavy (non-hydrogen) atoms. The second-order valence-corrected chi connectivity index (χ2v) is 14.8. The highest BCUT2D eigenvalue weighted by atomic mass is 79.9. The summed E-state index contributed by atoms with van der Waals surface area (Å²) in [5.41, 5.74) is 9.05. The number of halogens is 2. The van der Waals surface area contributed by atoms with Crippen molar-refractivity contribution in [1.82, 2.24) is 0 Å². The molecule has 2 N–H and O–H groups in total. The van der Waals surface area contributed by atoms with E-state index in [0.717, 1.165) is 68.7 Å². The normalized spacial score (nSPS) is 17.2. The van der Waals surface area contributed by atoms with Gasteiger partial charge in [-0.3, -0.25) is 13.8 Å². The number of methoxy groups -OCH3 is 2. The average molecular weight is 818 g/mol. The molecule has 4 aromatic carbocycles. The first-order chi connectivity index (χ1) is 23.4. The molecule has 2 amide bonds. The van der Waals surface area contributed by atoms with E-state index in [1.165, 1.54) is 4.90 Å². The van der Waals surface area contributed by atoms with Gasteiger partial charge in [0.25, 0.3) is 16.0 Å². The Hall–Kier alpha value is -3.91. The molecular formula is C36H39Br2N3O7S. The monoisotopic (exact) mass is 815 g/mol. The molecule has 2 aliphatic rings. The maximum atomic E-state index is 12.6. The molecule has 2 aliphatic heterocycles. The molecule has 0 aliphatic carbocycles. The van der Waals surface area contributed by atoms with Crippen molar-refractivity contribution in [3.63, 3.8) is 0 Å². The van der Waals surface area contributed by atoms with Crippen LogP contribution in [0.2, 0.25) is 0 Å². The van der Waals surface area contributed by atoms with Crippen LogP contribution in [-0.4, -0.2) is 59.9 Å². The minimum Gasteiger partial charge on any atom is -0.497 e. The fourth-order valence-electron chi connectivity index (χ4n) is 5.36. The number of nitrogens with two attached hydrogens (primary N) is 1. The summed E-state index contributed by atoms with van der Waals surface area (Å²) < 4.78 is 38.9. The molecule has 0 saturated carbocycles. The minimum atomic E-state index is -3.61. The van der Waals surface area contributed by atoms with Gasteiger partial charge in [-0.2, -0.15) is 8.42 Å². The van der Waals surface area contributed by atoms with Crippen molar-refractivity contribution >= 4 is 70.9 Å². The van der Waals surface area contributed by atoms with E-state index >= 15 is 0 Å². The van der Waals surface area contributed by atoms with Crippen molar-refractivity contribution in [3.8, 4) is 11.5 Å². The lowest BCUT2D eigenvalue weighted by Crippen LogP contribution is -2.31. The van der Waals surface area contributed by atoms with Crippen molar-refractivity contribution in [3.05, 3.63) is 112 Å². The van der Waals surface area contributed by atoms with Gasteiger partial charge in [0.1, 0.15) is 11.5 Å². The summed E-state index contributed by atoms with van der Waals surface area (Å²) in [5.74, 6) is 1.59. The number of carbonyl (C=O) groups excluding carboxylic acids is 2. The van der Waals surface area contributed by atoms with Gasteiger partial charge in [-0.25, -0.2) is 0 Å². The summed E-state index contributed by atoms with van der Waals surface area (Å²) in [6.07, 6.45) is 2.09. The molecule has 2 atom stereocenters. The Bertz CT molecular complexity index is 1820. The van der Waals surface area contributed by atoms with E-state index in [1.54, 1.807) is 32.4 Å². The second-order valence-electron chi connectivity index (χ2n) is 11.3. The topological polar surface area (TPSA) is 128 Å². The number of carbonyl (C=O) groups is 2. The first-order valence-corrected chi connectivity index (χ1v) is 18.8. The third kappa shape index (κ3) is 11.3. The smallest absolute Gasteiger partial charge is 0.265 e. The predicted molar refractivity (Wildman–Crippen MR) is 200 cm³/mol. The number of nitrogens with zero attached hydrogens (tertiary/aromatic N) is 2. The van der Waals surface area contributed by atoms with E-state index in [0.29, 0.717) is 13.0 Å². The van der Waals surface area contributed by atoms with E-state index in [9.17, 15) is 18.0 Å². The molecule has 13 heteroatoms. The average Bonchev–Trinajstić information content (AvgIpc) is 3.62. The molecule has 10 nitrogen and oxygen atoms in total. The highest BCUT2D eigenvalue weighted by molar-refractivity contribution is 9.10. The molecule has 0 radical (unpaired) electrons. The van der Waals surface area contributed by atoms with Crippen LogP contribution >= 0.6 is 31.9 Å². The van der Waals surface area contributed by atoms with Crippen LogP contribution in [0.4, 0.5) is 17.1 Å². The van der Waals surface area contributed by atoms with Crippen LogP contribution in [0.15, 0.2) is 106 Å². The second kappa shape index (κ2) is 17.7. The molecule has 2 unspecified atom stereocenters. The minimum absolute atomic E-state index is 0.0516. The van der Waals surface area contributed by atoms with Crippen LogP contribution in [0.25, 0.3) is 0 Å². The highest BCUT2D eigenvalue weighted by Crippen LogP contribution is 2.29. The van der Waals surface area contributed by atoms with Gasteiger partial charge < -0.3 is 25.0 Å². The summed E-state index contributed by atoms with van der Waals surface area (Å²) in [4.78, 5) is 28.0. The molecule has 0 spiro atoms. The van der Waals surface area contributed by atoms with Crippen LogP contribution in [0.1, 0.15) is 18.4 Å². The number of hydrogen-bond donors (Lipinski definition) is 1. The number of benzene rings is 4. The maximum Gasteiger partial charge on any atom is 0.265 e. The van der Waals surface area contributed by atoms with Gasteiger partial charge in [0.2, 0.25) is 5.91 Å². The zero-order valence-electron chi connectivity index (χ0n) is 27.4. The van der Waals surface area contributed by atoms with E-state index < -0.39 is 16.2 Å². The van der Waals surface area contributed by atoms with E-state index in [1.807, 2.05) is 77.7 Å².